The number of aromatic nitrogens is 1. The van der Waals surface area contributed by atoms with Gasteiger partial charge in [0.05, 0.1) is 6.04 Å². The van der Waals surface area contributed by atoms with E-state index in [0.29, 0.717) is 11.6 Å². The first-order chi connectivity index (χ1) is 11.2. The van der Waals surface area contributed by atoms with Gasteiger partial charge in [0.2, 0.25) is 5.88 Å². The van der Waals surface area contributed by atoms with E-state index in [0.717, 1.165) is 11.1 Å². The van der Waals surface area contributed by atoms with Crippen molar-refractivity contribution in [2.24, 2.45) is 0 Å². The van der Waals surface area contributed by atoms with Gasteiger partial charge in [0.25, 0.3) is 0 Å². The summed E-state index contributed by atoms with van der Waals surface area (Å²) in [6, 6.07) is 7.64. The lowest BCUT2D eigenvalue weighted by atomic mass is 10.1. The van der Waals surface area contributed by atoms with Gasteiger partial charge in [0.15, 0.2) is 0 Å². The topological polar surface area (TPSA) is 57.2 Å². The number of hydrogen-bond donors (Lipinski definition) is 1. The minimum absolute atomic E-state index is 0.101. The van der Waals surface area contributed by atoms with Crippen LogP contribution in [0.1, 0.15) is 44.9 Å². The SMILES string of the molecule is Cc1cc(C(C)N[S+]([O-])C(C)(C)C)cnc1Oc1ccc(F)cc1. The Morgan fingerprint density at radius 3 is 2.42 bits per heavy atom. The molecule has 0 saturated heterocycles. The molecule has 0 saturated carbocycles. The lowest BCUT2D eigenvalue weighted by Crippen LogP contribution is -2.40. The standard InChI is InChI=1S/C18H23FN2O2S/c1-12-10-14(13(2)21-24(22)18(3,4)5)11-20-17(12)23-16-8-6-15(19)7-9-16/h6-11,13,21H,1-5H3. The number of ether oxygens (including phenoxy) is 1. The van der Waals surface area contributed by atoms with Crippen LogP contribution in [0, 0.1) is 12.7 Å². The maximum Gasteiger partial charge on any atom is 0.222 e. The molecule has 0 radical (unpaired) electrons. The minimum Gasteiger partial charge on any atom is -0.598 e. The molecule has 2 unspecified atom stereocenters. The van der Waals surface area contributed by atoms with Gasteiger partial charge < -0.3 is 9.29 Å². The predicted octanol–water partition coefficient (Wildman–Crippen LogP) is 4.43. The Labute approximate surface area is 145 Å². The molecule has 0 amide bonds. The zero-order valence-corrected chi connectivity index (χ0v) is 15.4. The minimum atomic E-state index is -1.16. The van der Waals surface area contributed by atoms with Crippen molar-refractivity contribution in [2.45, 2.75) is 45.4 Å². The highest BCUT2D eigenvalue weighted by Crippen LogP contribution is 2.26. The van der Waals surface area contributed by atoms with Crippen molar-refractivity contribution in [1.82, 2.24) is 9.71 Å². The Balaban J connectivity index is 2.10. The third-order valence-corrected chi connectivity index (χ3v) is 5.10. The molecule has 2 rings (SSSR count). The van der Waals surface area contributed by atoms with Crippen molar-refractivity contribution in [1.29, 1.82) is 0 Å². The molecular weight excluding hydrogens is 327 g/mol. The van der Waals surface area contributed by atoms with Gasteiger partial charge in [-0.2, -0.15) is 0 Å². The largest absolute Gasteiger partial charge is 0.598 e. The second-order valence-corrected chi connectivity index (χ2v) is 8.67. The average molecular weight is 350 g/mol. The molecule has 1 N–H and O–H groups in total. The third-order valence-electron chi connectivity index (χ3n) is 3.42. The molecule has 0 spiro atoms. The van der Waals surface area contributed by atoms with Gasteiger partial charge in [-0.1, -0.05) is 0 Å². The number of rotatable bonds is 5. The molecule has 1 heterocycles. The van der Waals surface area contributed by atoms with E-state index >= 15 is 0 Å². The van der Waals surface area contributed by atoms with Crippen LogP contribution in [0.5, 0.6) is 11.6 Å². The van der Waals surface area contributed by atoms with Crippen LogP contribution in [0.4, 0.5) is 4.39 Å². The summed E-state index contributed by atoms with van der Waals surface area (Å²) in [5.74, 6) is 0.684. The summed E-state index contributed by atoms with van der Waals surface area (Å²) in [7, 11) is 0. The van der Waals surface area contributed by atoms with E-state index in [2.05, 4.69) is 9.71 Å². The average Bonchev–Trinajstić information content (AvgIpc) is 2.50. The van der Waals surface area contributed by atoms with Crippen LogP contribution in [-0.2, 0) is 11.4 Å². The zero-order chi connectivity index (χ0) is 17.9. The summed E-state index contributed by atoms with van der Waals surface area (Å²) in [4.78, 5) is 4.33. The Morgan fingerprint density at radius 1 is 1.25 bits per heavy atom. The molecule has 4 nitrogen and oxygen atoms in total. The summed E-state index contributed by atoms with van der Waals surface area (Å²) in [6.07, 6.45) is 1.70. The maximum absolute atomic E-state index is 12.9. The van der Waals surface area contributed by atoms with Crippen molar-refractivity contribution >= 4 is 11.4 Å². The summed E-state index contributed by atoms with van der Waals surface area (Å²) >= 11 is -1.16. The van der Waals surface area contributed by atoms with Crippen molar-refractivity contribution < 1.29 is 13.7 Å². The first-order valence-electron chi connectivity index (χ1n) is 7.75. The van der Waals surface area contributed by atoms with E-state index in [1.54, 1.807) is 18.3 Å². The third kappa shape index (κ3) is 4.93. The number of halogens is 1. The molecule has 6 heteroatoms. The van der Waals surface area contributed by atoms with Gasteiger partial charge in [-0.3, -0.25) is 0 Å². The van der Waals surface area contributed by atoms with Crippen LogP contribution in [0.3, 0.4) is 0 Å². The highest BCUT2D eigenvalue weighted by atomic mass is 32.2. The van der Waals surface area contributed by atoms with E-state index in [9.17, 15) is 8.94 Å². The van der Waals surface area contributed by atoms with Crippen LogP contribution in [0.25, 0.3) is 0 Å². The van der Waals surface area contributed by atoms with Crippen LogP contribution in [0.2, 0.25) is 0 Å². The Morgan fingerprint density at radius 2 is 1.88 bits per heavy atom. The lowest BCUT2D eigenvalue weighted by molar-refractivity contribution is 0.456. The number of aryl methyl sites for hydroxylation is 1. The van der Waals surface area contributed by atoms with Crippen molar-refractivity contribution in [3.8, 4) is 11.6 Å². The number of nitrogens with zero attached hydrogens (tertiary/aromatic N) is 1. The molecule has 0 aliphatic carbocycles. The van der Waals surface area contributed by atoms with Gasteiger partial charge in [-0.05, 0) is 70.5 Å². The molecule has 1 aromatic heterocycles. The summed E-state index contributed by atoms with van der Waals surface area (Å²) < 4.78 is 33.6. The molecule has 130 valence electrons. The van der Waals surface area contributed by atoms with Gasteiger partial charge in [0, 0.05) is 23.1 Å². The first kappa shape index (κ1) is 18.7. The molecule has 2 atom stereocenters. The van der Waals surface area contributed by atoms with E-state index in [1.165, 1.54) is 12.1 Å². The van der Waals surface area contributed by atoms with Crippen molar-refractivity contribution in [3.63, 3.8) is 0 Å². The molecule has 0 bridgehead atoms. The smallest absolute Gasteiger partial charge is 0.222 e. The quantitative estimate of drug-likeness (QED) is 0.810. The van der Waals surface area contributed by atoms with Crippen molar-refractivity contribution in [3.05, 3.63) is 53.5 Å². The number of hydrogen-bond acceptors (Lipinski definition) is 4. The fourth-order valence-electron chi connectivity index (χ4n) is 1.95. The van der Waals surface area contributed by atoms with Gasteiger partial charge in [0.1, 0.15) is 16.3 Å². The highest BCUT2D eigenvalue weighted by Gasteiger charge is 2.28. The second kappa shape index (κ2) is 7.51. The molecule has 0 aliphatic rings. The predicted molar refractivity (Wildman–Crippen MR) is 94.9 cm³/mol. The number of nitrogens with one attached hydrogen (secondary N) is 1. The Bertz CT molecular complexity index is 686. The Hall–Kier alpha value is -1.63. The number of benzene rings is 1. The van der Waals surface area contributed by atoms with E-state index < -0.39 is 11.4 Å². The molecule has 0 fully saturated rings. The fraction of sp³-hybridized carbons (Fsp3) is 0.389. The fourth-order valence-corrected chi connectivity index (χ4v) is 2.76. The molecule has 2 aromatic rings. The van der Waals surface area contributed by atoms with Crippen LogP contribution < -0.4 is 9.46 Å². The van der Waals surface area contributed by atoms with E-state index in [1.807, 2.05) is 40.7 Å². The molecule has 0 aliphatic heterocycles. The maximum atomic E-state index is 12.9. The van der Waals surface area contributed by atoms with Gasteiger partial charge in [-0.25, -0.2) is 9.37 Å². The normalized spacial score (nSPS) is 14.3. The number of pyridine rings is 1. The van der Waals surface area contributed by atoms with Gasteiger partial charge >= 0.3 is 0 Å². The monoisotopic (exact) mass is 350 g/mol. The summed E-state index contributed by atoms with van der Waals surface area (Å²) in [5, 5.41) is 0. The molecular formula is C18H23FN2O2S. The first-order valence-corrected chi connectivity index (χ1v) is 8.90. The second-order valence-electron chi connectivity index (χ2n) is 6.67. The molecule has 1 aromatic carbocycles. The van der Waals surface area contributed by atoms with Crippen molar-refractivity contribution in [2.75, 3.05) is 0 Å². The Kier molecular flexibility index (Phi) is 5.85. The summed E-state index contributed by atoms with van der Waals surface area (Å²) in [6.45, 7) is 9.60. The zero-order valence-electron chi connectivity index (χ0n) is 14.6. The van der Waals surface area contributed by atoms with Gasteiger partial charge in [-0.15, -0.1) is 4.72 Å². The van der Waals surface area contributed by atoms with Crippen LogP contribution in [0.15, 0.2) is 36.5 Å². The van der Waals surface area contributed by atoms with E-state index in [-0.39, 0.29) is 16.6 Å². The van der Waals surface area contributed by atoms with Crippen LogP contribution in [-0.4, -0.2) is 14.3 Å². The highest BCUT2D eigenvalue weighted by molar-refractivity contribution is 7.90. The van der Waals surface area contributed by atoms with Crippen LogP contribution >= 0.6 is 0 Å². The van der Waals surface area contributed by atoms with E-state index in [4.69, 9.17) is 4.74 Å². The molecule has 24 heavy (non-hydrogen) atoms. The lowest BCUT2D eigenvalue weighted by Gasteiger charge is -2.26. The summed E-state index contributed by atoms with van der Waals surface area (Å²) in [5.41, 5.74) is 1.78.